The highest BCUT2D eigenvalue weighted by Crippen LogP contribution is 2.42. The number of nitrogens with zero attached hydrogens (tertiary/aromatic N) is 11. The maximum absolute atomic E-state index is 13.7. The second kappa shape index (κ2) is 24.9. The Morgan fingerprint density at radius 3 is 2.48 bits per heavy atom. The summed E-state index contributed by atoms with van der Waals surface area (Å²) < 4.78 is 32.0. The number of hydrogen-bond acceptors (Lipinski definition) is 17. The van der Waals surface area contributed by atoms with Crippen molar-refractivity contribution in [3.8, 4) is 46.1 Å². The molecule has 4 amide bonds. The summed E-state index contributed by atoms with van der Waals surface area (Å²) in [5, 5.41) is 33.2. The van der Waals surface area contributed by atoms with Crippen molar-refractivity contribution in [1.82, 2.24) is 34.6 Å². The van der Waals surface area contributed by atoms with Crippen LogP contribution in [0.15, 0.2) is 108 Å². The first-order chi connectivity index (χ1) is 40.2. The van der Waals surface area contributed by atoms with Gasteiger partial charge in [0.2, 0.25) is 18.4 Å². The van der Waals surface area contributed by atoms with Crippen LogP contribution in [0.3, 0.4) is 0 Å². The maximum atomic E-state index is 13.7. The fraction of sp³-hybridized carbons (Fsp3) is 0.350. The fourth-order valence-electron chi connectivity index (χ4n) is 10.5. The molecule has 3 aliphatic rings. The highest BCUT2D eigenvalue weighted by molar-refractivity contribution is 5.98. The van der Waals surface area contributed by atoms with Gasteiger partial charge in [-0.15, -0.1) is 0 Å². The lowest BCUT2D eigenvalue weighted by atomic mass is 9.92. The lowest BCUT2D eigenvalue weighted by Gasteiger charge is -2.42. The van der Waals surface area contributed by atoms with E-state index in [1.54, 1.807) is 61.6 Å². The third-order valence-electron chi connectivity index (χ3n) is 15.3. The molecule has 0 aliphatic carbocycles. The molecule has 3 aliphatic heterocycles. The smallest absolute Gasteiger partial charge is 0.409 e. The van der Waals surface area contributed by atoms with Crippen molar-refractivity contribution < 1.29 is 57.3 Å². The molecule has 0 spiro atoms. The quantitative estimate of drug-likeness (QED) is 0.0270. The average Bonchev–Trinajstić information content (AvgIpc) is 3.92. The number of carbonyl (C=O) groups is 5. The molecule has 7 aromatic rings. The van der Waals surface area contributed by atoms with Crippen molar-refractivity contribution in [2.24, 2.45) is 16.1 Å². The Labute approximate surface area is 478 Å². The number of amides is 4. The van der Waals surface area contributed by atoms with Crippen molar-refractivity contribution in [1.29, 1.82) is 5.26 Å². The molecule has 1 fully saturated rings. The first-order valence-electron chi connectivity index (χ1n) is 27.3. The van der Waals surface area contributed by atoms with Crippen LogP contribution in [0.1, 0.15) is 60.5 Å². The van der Waals surface area contributed by atoms with Gasteiger partial charge in [-0.3, -0.25) is 19.0 Å². The highest BCUT2D eigenvalue weighted by Gasteiger charge is 2.34. The number of phenolic OH excluding ortho intramolecular Hbond substituents is 1. The number of nitriles is 1. The molecule has 428 valence electrons. The summed E-state index contributed by atoms with van der Waals surface area (Å²) in [6.07, 6.45) is 6.84. The first kappa shape index (κ1) is 56.4. The van der Waals surface area contributed by atoms with Gasteiger partial charge in [0.1, 0.15) is 30.9 Å². The summed E-state index contributed by atoms with van der Waals surface area (Å²) in [6.45, 7) is 4.68. The van der Waals surface area contributed by atoms with Crippen LogP contribution in [-0.4, -0.2) is 138 Å². The molecule has 2 atom stereocenters. The van der Waals surface area contributed by atoms with Crippen molar-refractivity contribution in [2.75, 3.05) is 72.7 Å². The molecule has 0 unspecified atom stereocenters. The number of rotatable bonds is 18. The van der Waals surface area contributed by atoms with Gasteiger partial charge in [0.15, 0.2) is 41.4 Å². The Hall–Kier alpha value is -9.85. The molecule has 3 aromatic heterocycles. The molecule has 23 heteroatoms. The predicted molar refractivity (Wildman–Crippen MR) is 303 cm³/mol. The molecule has 1 saturated heterocycles. The van der Waals surface area contributed by atoms with Crippen LogP contribution < -0.4 is 33.7 Å². The minimum atomic E-state index is -0.585. The molecular formula is C60H63N12O11+. The second-order valence-corrected chi connectivity index (χ2v) is 20.7. The number of ether oxygens (including phenoxy) is 5. The first-order valence-corrected chi connectivity index (χ1v) is 27.3. The van der Waals surface area contributed by atoms with Crippen LogP contribution in [0, 0.1) is 17.2 Å². The number of pyridine rings is 1. The zero-order valence-corrected chi connectivity index (χ0v) is 46.7. The SMILES string of the molecule is COc1ccc2cc3[n+](cc2c1OC(=O)CCCCNC(=O)c1cc(/N=N/c2ccc(COC(=O)N(C)CCN(C)C(=O)n4ccc5c(N(C)[C@H]6CN(C(=O)CC#N)CC[C@H]6C)ncnc54)cc2)ccc1O)CCc1cc2c(cc1-3)OCO2. The Morgan fingerprint density at radius 1 is 0.916 bits per heavy atom. The number of aromatic hydroxyl groups is 1. The molecule has 2 N–H and O–H groups in total. The molecule has 6 heterocycles. The molecule has 4 aromatic carbocycles. The third-order valence-corrected chi connectivity index (χ3v) is 15.3. The number of unbranched alkanes of at least 4 members (excludes halogenated alkanes) is 1. The lowest BCUT2D eigenvalue weighted by Crippen LogP contribution is -2.52. The van der Waals surface area contributed by atoms with Gasteiger partial charge in [-0.25, -0.2) is 19.6 Å². The summed E-state index contributed by atoms with van der Waals surface area (Å²) in [5.41, 5.74) is 5.18. The van der Waals surface area contributed by atoms with E-state index in [-0.39, 0.29) is 81.1 Å². The summed E-state index contributed by atoms with van der Waals surface area (Å²) >= 11 is 0. The topological polar surface area (TPSA) is 260 Å². The second-order valence-electron chi connectivity index (χ2n) is 20.7. The van der Waals surface area contributed by atoms with Crippen LogP contribution in [-0.2, 0) is 33.9 Å². The van der Waals surface area contributed by atoms with E-state index in [9.17, 15) is 29.1 Å². The standard InChI is InChI=1S/C60H62N12O11/c1-37-18-23-71(53(74)17-21-61)33-48(37)69(4)56-43-20-25-72(57(43)64-35-63-56)59(77)67(2)26-27-68(3)60(78)80-34-38-9-12-41(13-10-38)65-66-42-14-15-49(73)45(30-42)58(76)62-22-7-6-8-54(75)83-55-46-32-70-24-19-40-29-51-52(82-36-81-51)31-44(40)47(70)28-39(46)11-16-50(55)79-5/h9-16,20,25,28-32,35,37,48H,6-8,17-19,22-24,26-27,33-34,36H2,1-5H3,(H-,62,65,73,76)/p+1/t37-,48+/m1/s1. The number of likely N-dealkylation sites (tertiary alicyclic amines) is 1. The van der Waals surface area contributed by atoms with E-state index in [0.29, 0.717) is 77.0 Å². The van der Waals surface area contributed by atoms with Gasteiger partial charge in [0.25, 0.3) is 5.91 Å². The zero-order valence-electron chi connectivity index (χ0n) is 46.7. The number of esters is 1. The normalized spacial score (nSPS) is 15.1. The van der Waals surface area contributed by atoms with Gasteiger partial charge in [-0.1, -0.05) is 19.1 Å². The number of carbonyl (C=O) groups excluding carboxylic acids is 5. The van der Waals surface area contributed by atoms with Crippen LogP contribution in [0.5, 0.6) is 28.7 Å². The van der Waals surface area contributed by atoms with E-state index in [1.807, 2.05) is 42.4 Å². The Morgan fingerprint density at radius 2 is 1.69 bits per heavy atom. The predicted octanol–water partition coefficient (Wildman–Crippen LogP) is 8.21. The zero-order chi connectivity index (χ0) is 58.3. The highest BCUT2D eigenvalue weighted by atomic mass is 16.7. The largest absolute Gasteiger partial charge is 0.507 e. The number of benzene rings is 4. The van der Waals surface area contributed by atoms with Gasteiger partial charge in [-0.2, -0.15) is 20.1 Å². The van der Waals surface area contributed by atoms with Crippen molar-refractivity contribution in [3.05, 3.63) is 114 Å². The van der Waals surface area contributed by atoms with Crippen LogP contribution in [0.4, 0.5) is 26.8 Å². The van der Waals surface area contributed by atoms with E-state index in [1.165, 1.54) is 51.6 Å². The van der Waals surface area contributed by atoms with E-state index in [2.05, 4.69) is 43.1 Å². The number of methoxy groups -OCH3 is 1. The molecule has 0 bridgehead atoms. The molecule has 0 radical (unpaired) electrons. The fourth-order valence-corrected chi connectivity index (χ4v) is 10.5. The minimum Gasteiger partial charge on any atom is -0.507 e. The van der Waals surface area contributed by atoms with Crippen molar-refractivity contribution in [3.63, 3.8) is 0 Å². The number of nitrogens with one attached hydrogen (secondary N) is 1. The van der Waals surface area contributed by atoms with Gasteiger partial charge < -0.3 is 53.7 Å². The summed E-state index contributed by atoms with van der Waals surface area (Å²) in [6, 6.07) is 24.3. The summed E-state index contributed by atoms with van der Waals surface area (Å²) in [5.74, 6) is 1.71. The van der Waals surface area contributed by atoms with Gasteiger partial charge in [0.05, 0.1) is 52.5 Å². The van der Waals surface area contributed by atoms with Gasteiger partial charge in [0, 0.05) is 79.0 Å². The number of anilines is 1. The number of likely N-dealkylation sites (N-methyl/N-ethyl adjacent to an activating group) is 3. The lowest BCUT2D eigenvalue weighted by molar-refractivity contribution is -0.686. The number of hydrogen-bond donors (Lipinski definition) is 2. The summed E-state index contributed by atoms with van der Waals surface area (Å²) in [4.78, 5) is 81.2. The van der Waals surface area contributed by atoms with E-state index in [4.69, 9.17) is 28.9 Å². The number of piperidine rings is 1. The number of azo groups is 1. The number of aryl methyl sites for hydroxylation is 2. The van der Waals surface area contributed by atoms with Crippen LogP contribution >= 0.6 is 0 Å². The van der Waals surface area contributed by atoms with E-state index in [0.717, 1.165) is 47.2 Å². The Bertz CT molecular complexity index is 3710. The maximum Gasteiger partial charge on any atom is 0.409 e. The third kappa shape index (κ3) is 12.4. The number of phenols is 1. The monoisotopic (exact) mass is 1130 g/mol. The number of aromatic nitrogens is 4. The van der Waals surface area contributed by atoms with Crippen molar-refractivity contribution >= 4 is 68.9 Å². The molecular weight excluding hydrogens is 1060 g/mol. The summed E-state index contributed by atoms with van der Waals surface area (Å²) in [7, 11) is 6.66. The molecule has 0 saturated carbocycles. The Balaban J connectivity index is 0.654. The van der Waals surface area contributed by atoms with E-state index >= 15 is 0 Å². The van der Waals surface area contributed by atoms with Crippen molar-refractivity contribution in [2.45, 2.75) is 64.6 Å². The van der Waals surface area contributed by atoms with Crippen LogP contribution in [0.25, 0.3) is 33.1 Å². The Kier molecular flexibility index (Phi) is 16.9. The van der Waals surface area contributed by atoms with Gasteiger partial charge in [-0.05, 0) is 102 Å². The molecule has 23 nitrogen and oxygen atoms in total. The average molecular weight is 1130 g/mol. The van der Waals surface area contributed by atoms with Crippen LogP contribution in [0.2, 0.25) is 0 Å². The number of fused-ring (bicyclic) bond motifs is 6. The van der Waals surface area contributed by atoms with E-state index < -0.39 is 18.0 Å². The molecule has 83 heavy (non-hydrogen) atoms. The molecule has 10 rings (SSSR count). The van der Waals surface area contributed by atoms with Gasteiger partial charge >= 0.3 is 18.1 Å². The minimum absolute atomic E-state index is 0.00901.